The molecular formula is C19H16F2O4. The number of esters is 1. The lowest BCUT2D eigenvalue weighted by Crippen LogP contribution is -2.29. The maximum absolute atomic E-state index is 13.0. The van der Waals surface area contributed by atoms with Crippen molar-refractivity contribution in [2.24, 2.45) is 5.92 Å². The highest BCUT2D eigenvalue weighted by molar-refractivity contribution is 6.12. The van der Waals surface area contributed by atoms with Crippen molar-refractivity contribution in [1.82, 2.24) is 0 Å². The van der Waals surface area contributed by atoms with Crippen LogP contribution in [0.4, 0.5) is 8.78 Å². The van der Waals surface area contributed by atoms with Crippen molar-refractivity contribution in [3.8, 4) is 0 Å². The Kier molecular flexibility index (Phi) is 6.11. The van der Waals surface area contributed by atoms with Gasteiger partial charge >= 0.3 is 5.97 Å². The molecule has 0 saturated carbocycles. The van der Waals surface area contributed by atoms with Gasteiger partial charge in [-0.05, 0) is 55.5 Å². The fraction of sp³-hybridized carbons (Fsp3) is 0.211. The van der Waals surface area contributed by atoms with Crippen molar-refractivity contribution in [1.29, 1.82) is 0 Å². The van der Waals surface area contributed by atoms with E-state index in [0.29, 0.717) is 0 Å². The first-order valence-corrected chi connectivity index (χ1v) is 7.67. The van der Waals surface area contributed by atoms with Crippen LogP contribution in [-0.2, 0) is 9.53 Å². The van der Waals surface area contributed by atoms with Crippen molar-refractivity contribution in [2.45, 2.75) is 13.3 Å². The van der Waals surface area contributed by atoms with Crippen LogP contribution in [-0.4, -0.2) is 24.1 Å². The predicted molar refractivity (Wildman–Crippen MR) is 86.2 cm³/mol. The van der Waals surface area contributed by atoms with E-state index in [0.717, 1.165) is 24.3 Å². The Hall–Kier alpha value is -2.89. The van der Waals surface area contributed by atoms with Gasteiger partial charge in [0.1, 0.15) is 17.6 Å². The van der Waals surface area contributed by atoms with Gasteiger partial charge in [-0.1, -0.05) is 0 Å². The average molecular weight is 346 g/mol. The average Bonchev–Trinajstić information content (AvgIpc) is 2.60. The predicted octanol–water partition coefficient (Wildman–Crippen LogP) is 3.60. The largest absolute Gasteiger partial charge is 0.465 e. The molecule has 2 aromatic rings. The molecule has 2 rings (SSSR count). The third-order valence-electron chi connectivity index (χ3n) is 3.57. The Morgan fingerprint density at radius 2 is 1.36 bits per heavy atom. The number of rotatable bonds is 7. The molecule has 0 spiro atoms. The molecule has 0 bridgehead atoms. The molecule has 4 nitrogen and oxygen atoms in total. The molecule has 0 aliphatic rings. The third kappa shape index (κ3) is 4.79. The minimum Gasteiger partial charge on any atom is -0.465 e. The van der Waals surface area contributed by atoms with Gasteiger partial charge in [0.2, 0.25) is 0 Å². The summed E-state index contributed by atoms with van der Waals surface area (Å²) in [4.78, 5) is 37.0. The number of Topliss-reactive ketones (excluding diaryl/α,β-unsaturated/α-hetero) is 2. The lowest BCUT2D eigenvalue weighted by atomic mass is 9.91. The lowest BCUT2D eigenvalue weighted by molar-refractivity contribution is -0.146. The van der Waals surface area contributed by atoms with E-state index in [9.17, 15) is 23.2 Å². The molecule has 0 saturated heterocycles. The fourth-order valence-electron chi connectivity index (χ4n) is 2.28. The van der Waals surface area contributed by atoms with E-state index in [1.165, 1.54) is 24.3 Å². The van der Waals surface area contributed by atoms with Gasteiger partial charge in [0, 0.05) is 17.5 Å². The first kappa shape index (κ1) is 18.4. The van der Waals surface area contributed by atoms with Crippen molar-refractivity contribution in [3.05, 3.63) is 71.3 Å². The summed E-state index contributed by atoms with van der Waals surface area (Å²) < 4.78 is 30.8. The Labute approximate surface area is 143 Å². The van der Waals surface area contributed by atoms with E-state index in [2.05, 4.69) is 0 Å². The third-order valence-corrected chi connectivity index (χ3v) is 3.57. The Bertz CT molecular complexity index is 767. The summed E-state index contributed by atoms with van der Waals surface area (Å²) in [5, 5.41) is 0. The van der Waals surface area contributed by atoms with Gasteiger partial charge in [-0.15, -0.1) is 0 Å². The number of ether oxygens (including phenoxy) is 1. The van der Waals surface area contributed by atoms with Crippen molar-refractivity contribution in [2.75, 3.05) is 6.61 Å². The second kappa shape index (κ2) is 8.28. The zero-order valence-electron chi connectivity index (χ0n) is 13.5. The van der Waals surface area contributed by atoms with Crippen molar-refractivity contribution < 1.29 is 27.9 Å². The molecule has 0 aliphatic heterocycles. The summed E-state index contributed by atoms with van der Waals surface area (Å²) >= 11 is 0. The number of halogens is 2. The molecule has 0 aliphatic carbocycles. The molecule has 2 aromatic carbocycles. The molecule has 25 heavy (non-hydrogen) atoms. The maximum Gasteiger partial charge on any atom is 0.317 e. The van der Waals surface area contributed by atoms with E-state index in [1.54, 1.807) is 6.92 Å². The quantitative estimate of drug-likeness (QED) is 0.437. The minimum absolute atomic E-state index is 0.0524. The number of carbonyl (C=O) groups is 3. The van der Waals surface area contributed by atoms with Crippen LogP contribution in [0.1, 0.15) is 34.1 Å². The highest BCUT2D eigenvalue weighted by Gasteiger charge is 2.31. The highest BCUT2D eigenvalue weighted by atomic mass is 19.1. The van der Waals surface area contributed by atoms with Gasteiger partial charge in [0.25, 0.3) is 0 Å². The molecule has 0 N–H and O–H groups in total. The summed E-state index contributed by atoms with van der Waals surface area (Å²) in [6.45, 7) is 1.63. The lowest BCUT2D eigenvalue weighted by Gasteiger charge is -2.14. The SMILES string of the molecule is CCOC(=O)C(CC(=O)c1ccc(F)cc1)C(=O)c1ccc(F)cc1. The van der Waals surface area contributed by atoms with E-state index in [-0.39, 0.29) is 17.7 Å². The minimum atomic E-state index is -1.34. The molecule has 1 atom stereocenters. The Balaban J connectivity index is 2.24. The van der Waals surface area contributed by atoms with Gasteiger partial charge < -0.3 is 4.74 Å². The molecular weight excluding hydrogens is 330 g/mol. The first-order valence-electron chi connectivity index (χ1n) is 7.67. The van der Waals surface area contributed by atoms with Crippen LogP contribution in [0.5, 0.6) is 0 Å². The maximum atomic E-state index is 13.0. The first-order chi connectivity index (χ1) is 11.9. The number of benzene rings is 2. The van der Waals surface area contributed by atoms with Crippen LogP contribution in [0.3, 0.4) is 0 Å². The van der Waals surface area contributed by atoms with Gasteiger partial charge in [-0.3, -0.25) is 14.4 Å². The van der Waals surface area contributed by atoms with Crippen LogP contribution in [0.15, 0.2) is 48.5 Å². The standard InChI is InChI=1S/C19H16F2O4/c1-2-25-19(24)16(18(23)13-5-9-15(21)10-6-13)11-17(22)12-3-7-14(20)8-4-12/h3-10,16H,2,11H2,1H3. The second-order valence-corrected chi connectivity index (χ2v) is 5.31. The summed E-state index contributed by atoms with van der Waals surface area (Å²) in [7, 11) is 0. The zero-order chi connectivity index (χ0) is 18.4. The Morgan fingerprint density at radius 1 is 0.880 bits per heavy atom. The molecule has 0 aromatic heterocycles. The van der Waals surface area contributed by atoms with Gasteiger partial charge in [-0.2, -0.15) is 0 Å². The summed E-state index contributed by atoms with van der Waals surface area (Å²) in [6, 6.07) is 9.47. The van der Waals surface area contributed by atoms with Gasteiger partial charge in [0.05, 0.1) is 6.61 Å². The number of carbonyl (C=O) groups excluding carboxylic acids is 3. The summed E-state index contributed by atoms with van der Waals surface area (Å²) in [5.41, 5.74) is 0.286. The van der Waals surface area contributed by atoms with Crippen LogP contribution in [0.25, 0.3) is 0 Å². The molecule has 6 heteroatoms. The van der Waals surface area contributed by atoms with E-state index in [1.807, 2.05) is 0 Å². The number of hydrogen-bond acceptors (Lipinski definition) is 4. The Morgan fingerprint density at radius 3 is 1.84 bits per heavy atom. The second-order valence-electron chi connectivity index (χ2n) is 5.31. The van der Waals surface area contributed by atoms with Crippen molar-refractivity contribution in [3.63, 3.8) is 0 Å². The van der Waals surface area contributed by atoms with E-state index in [4.69, 9.17) is 4.74 Å². The molecule has 0 heterocycles. The highest BCUT2D eigenvalue weighted by Crippen LogP contribution is 2.18. The van der Waals surface area contributed by atoms with Crippen molar-refractivity contribution >= 4 is 17.5 Å². The normalized spacial score (nSPS) is 11.6. The van der Waals surface area contributed by atoms with Crippen LogP contribution < -0.4 is 0 Å². The van der Waals surface area contributed by atoms with Crippen LogP contribution in [0.2, 0.25) is 0 Å². The molecule has 0 amide bonds. The topological polar surface area (TPSA) is 60.4 Å². The molecule has 0 radical (unpaired) electrons. The summed E-state index contributed by atoms with van der Waals surface area (Å²) in [5.74, 6) is -4.31. The summed E-state index contributed by atoms with van der Waals surface area (Å²) in [6.07, 6.45) is -0.416. The fourth-order valence-corrected chi connectivity index (χ4v) is 2.28. The smallest absolute Gasteiger partial charge is 0.317 e. The van der Waals surface area contributed by atoms with Gasteiger partial charge in [0.15, 0.2) is 11.6 Å². The molecule has 130 valence electrons. The van der Waals surface area contributed by atoms with E-state index >= 15 is 0 Å². The van der Waals surface area contributed by atoms with Gasteiger partial charge in [-0.25, -0.2) is 8.78 Å². The van der Waals surface area contributed by atoms with Crippen LogP contribution >= 0.6 is 0 Å². The molecule has 0 fully saturated rings. The monoisotopic (exact) mass is 346 g/mol. The molecule has 1 unspecified atom stereocenters. The number of hydrogen-bond donors (Lipinski definition) is 0. The number of ketones is 2. The van der Waals surface area contributed by atoms with E-state index < -0.39 is 41.5 Å². The zero-order valence-corrected chi connectivity index (χ0v) is 13.5. The van der Waals surface area contributed by atoms with Crippen LogP contribution in [0, 0.1) is 17.6 Å².